The van der Waals surface area contributed by atoms with Crippen LogP contribution in [0.4, 0.5) is 17.2 Å². The number of anilines is 3. The molecule has 3 heterocycles. The van der Waals surface area contributed by atoms with Gasteiger partial charge in [-0.1, -0.05) is 48.0 Å². The monoisotopic (exact) mass is 406 g/mol. The van der Waals surface area contributed by atoms with E-state index < -0.39 is 0 Å². The molecule has 0 N–H and O–H groups in total. The lowest BCUT2D eigenvalue weighted by molar-refractivity contribution is 0.415. The minimum absolute atomic E-state index is 0.744. The highest BCUT2D eigenvalue weighted by atomic mass is 35.5. The van der Waals surface area contributed by atoms with Crippen LogP contribution in [0.3, 0.4) is 0 Å². The molecule has 7 rings (SSSR count). The molecular weight excluding hydrogens is 392 g/mol. The highest BCUT2D eigenvalue weighted by molar-refractivity contribution is 6.33. The van der Waals surface area contributed by atoms with Crippen LogP contribution in [-0.2, 0) is 0 Å². The molecule has 4 aromatic rings. The molecule has 3 aliphatic heterocycles. The van der Waals surface area contributed by atoms with E-state index in [4.69, 9.17) is 21.3 Å². The van der Waals surface area contributed by atoms with Crippen molar-refractivity contribution in [2.24, 2.45) is 0 Å². The largest absolute Gasteiger partial charge is 0.497 e. The van der Waals surface area contributed by atoms with Gasteiger partial charge in [0.15, 0.2) is 0 Å². The zero-order valence-electron chi connectivity index (χ0n) is 16.1. The van der Waals surface area contributed by atoms with Gasteiger partial charge in [0.2, 0.25) is 0 Å². The highest BCUT2D eigenvalue weighted by Crippen LogP contribution is 2.54. The zero-order valence-corrected chi connectivity index (χ0v) is 16.9. The molecule has 30 heavy (non-hydrogen) atoms. The quantitative estimate of drug-likeness (QED) is 0.281. The summed E-state index contributed by atoms with van der Waals surface area (Å²) in [6.45, 7) is 0. The topological polar surface area (TPSA) is 25.4 Å². The molecular formula is C26H15ClN2O. The third-order valence-electron chi connectivity index (χ3n) is 6.24. The minimum Gasteiger partial charge on any atom is -0.497 e. The molecule has 0 amide bonds. The zero-order chi connectivity index (χ0) is 20.0. The van der Waals surface area contributed by atoms with Gasteiger partial charge in [-0.05, 0) is 52.6 Å². The number of nitrogens with zero attached hydrogens (tertiary/aromatic N) is 2. The van der Waals surface area contributed by atoms with Crippen molar-refractivity contribution < 1.29 is 4.74 Å². The number of halogens is 1. The van der Waals surface area contributed by atoms with E-state index in [2.05, 4.69) is 65.6 Å². The van der Waals surface area contributed by atoms with Crippen LogP contribution in [0.2, 0.25) is 5.02 Å². The first-order valence-corrected chi connectivity index (χ1v) is 10.3. The number of methoxy groups -OCH3 is 1. The van der Waals surface area contributed by atoms with Crippen LogP contribution in [0.5, 0.6) is 5.75 Å². The number of hydrogen-bond donors (Lipinski definition) is 0. The van der Waals surface area contributed by atoms with Crippen LogP contribution >= 0.6 is 11.6 Å². The van der Waals surface area contributed by atoms with Gasteiger partial charge in [0.1, 0.15) is 11.6 Å². The molecule has 0 radical (unpaired) electrons. The average Bonchev–Trinajstić information content (AvgIpc) is 2.78. The summed E-state index contributed by atoms with van der Waals surface area (Å²) in [4.78, 5) is 7.45. The maximum Gasteiger partial charge on any atom is 0.146 e. The smallest absolute Gasteiger partial charge is 0.146 e. The lowest BCUT2D eigenvalue weighted by Gasteiger charge is -2.35. The third-order valence-corrected chi connectivity index (χ3v) is 6.48. The van der Waals surface area contributed by atoms with E-state index in [-0.39, 0.29) is 0 Å². The average molecular weight is 407 g/mol. The number of aromatic nitrogens is 1. The second-order valence-corrected chi connectivity index (χ2v) is 8.22. The molecule has 3 nitrogen and oxygen atoms in total. The van der Waals surface area contributed by atoms with Gasteiger partial charge in [0.25, 0.3) is 0 Å². The number of benzene rings is 4. The number of ether oxygens (including phenoxy) is 1. The predicted molar refractivity (Wildman–Crippen MR) is 125 cm³/mol. The van der Waals surface area contributed by atoms with Crippen molar-refractivity contribution in [3.8, 4) is 5.75 Å². The summed E-state index contributed by atoms with van der Waals surface area (Å²) in [6.07, 6.45) is 0. The van der Waals surface area contributed by atoms with E-state index in [1.807, 2.05) is 12.1 Å². The van der Waals surface area contributed by atoms with E-state index in [0.717, 1.165) is 44.0 Å². The SMILES string of the molecule is COc1ccc2cc3c4ccc(Cl)cc4c4ccc5cccc6nc(c2c1)N3c4c56. The summed E-state index contributed by atoms with van der Waals surface area (Å²) in [6, 6.07) is 25.3. The van der Waals surface area contributed by atoms with Crippen molar-refractivity contribution in [3.63, 3.8) is 0 Å². The lowest BCUT2D eigenvalue weighted by Crippen LogP contribution is -2.18. The van der Waals surface area contributed by atoms with E-state index in [9.17, 15) is 0 Å². The molecule has 142 valence electrons. The van der Waals surface area contributed by atoms with E-state index >= 15 is 0 Å². The molecule has 4 heteroatoms. The van der Waals surface area contributed by atoms with Crippen LogP contribution in [0.1, 0.15) is 0 Å². The summed E-state index contributed by atoms with van der Waals surface area (Å²) in [5.74, 6) is 1.77. The first-order chi connectivity index (χ1) is 14.7. The Kier molecular flexibility index (Phi) is 3.00. The van der Waals surface area contributed by atoms with Gasteiger partial charge >= 0.3 is 0 Å². The van der Waals surface area contributed by atoms with Crippen LogP contribution in [0.25, 0.3) is 43.2 Å². The first kappa shape index (κ1) is 16.3. The Labute approximate surface area is 177 Å². The molecule has 0 bridgehead atoms. The van der Waals surface area contributed by atoms with Gasteiger partial charge in [-0.15, -0.1) is 0 Å². The van der Waals surface area contributed by atoms with E-state index in [1.165, 1.54) is 27.2 Å². The molecule has 3 aliphatic rings. The van der Waals surface area contributed by atoms with Crippen LogP contribution in [0.15, 0.2) is 72.8 Å². The fourth-order valence-electron chi connectivity index (χ4n) is 4.92. The minimum atomic E-state index is 0.744. The van der Waals surface area contributed by atoms with Gasteiger partial charge in [0, 0.05) is 26.6 Å². The number of hydrogen-bond acceptors (Lipinski definition) is 3. The molecule has 4 aromatic carbocycles. The summed E-state index contributed by atoms with van der Waals surface area (Å²) >= 11 is 6.42. The molecule has 0 spiro atoms. The fourth-order valence-corrected chi connectivity index (χ4v) is 5.10. The van der Waals surface area contributed by atoms with Crippen molar-refractivity contribution in [3.05, 3.63) is 77.8 Å². The lowest BCUT2D eigenvalue weighted by atomic mass is 9.93. The summed E-state index contributed by atoms with van der Waals surface area (Å²) in [5.41, 5.74) is 3.31. The summed E-state index contributed by atoms with van der Waals surface area (Å²) < 4.78 is 5.51. The fraction of sp³-hybridized carbons (Fsp3) is 0.0385. The maximum absolute atomic E-state index is 6.42. The molecule has 0 saturated heterocycles. The second-order valence-electron chi connectivity index (χ2n) is 7.78. The van der Waals surface area contributed by atoms with E-state index in [1.54, 1.807) is 7.11 Å². The van der Waals surface area contributed by atoms with Crippen molar-refractivity contribution >= 4 is 72.0 Å². The van der Waals surface area contributed by atoms with Crippen molar-refractivity contribution in [2.75, 3.05) is 12.0 Å². The van der Waals surface area contributed by atoms with Gasteiger partial charge in [-0.3, -0.25) is 4.90 Å². The summed E-state index contributed by atoms with van der Waals surface area (Å²) in [5, 5.41) is 8.84. The van der Waals surface area contributed by atoms with Gasteiger partial charge < -0.3 is 4.74 Å². The maximum atomic E-state index is 6.42. The van der Waals surface area contributed by atoms with Gasteiger partial charge in [0.05, 0.1) is 24.0 Å². The van der Waals surface area contributed by atoms with Gasteiger partial charge in [-0.2, -0.15) is 0 Å². The predicted octanol–water partition coefficient (Wildman–Crippen LogP) is 7.58. The Balaban J connectivity index is 1.84. The van der Waals surface area contributed by atoms with Gasteiger partial charge in [-0.25, -0.2) is 4.98 Å². The normalized spacial score (nSPS) is 12.9. The Morgan fingerprint density at radius 3 is 2.57 bits per heavy atom. The number of rotatable bonds is 1. The second kappa shape index (κ2) is 5.53. The Morgan fingerprint density at radius 2 is 1.67 bits per heavy atom. The number of fused-ring (bicyclic) bond motifs is 5. The molecule has 0 aliphatic carbocycles. The van der Waals surface area contributed by atoms with E-state index in [0.29, 0.717) is 0 Å². The van der Waals surface area contributed by atoms with Crippen molar-refractivity contribution in [2.45, 2.75) is 0 Å². The Bertz CT molecular complexity index is 1660. The molecule has 0 fully saturated rings. The Morgan fingerprint density at radius 1 is 0.800 bits per heavy atom. The molecule has 0 aromatic heterocycles. The standard InChI is InChI=1S/C26H15ClN2O/c1-30-17-8-5-15-11-23-18-10-7-16(27)12-21(18)19-9-6-14-3-2-4-22-24(14)25(19)29(23)26(28-22)20(15)13-17/h2-13H,1H3. The first-order valence-electron chi connectivity index (χ1n) is 9.88. The molecule has 0 saturated carbocycles. The highest BCUT2D eigenvalue weighted by Gasteiger charge is 2.30. The van der Waals surface area contributed by atoms with Crippen LogP contribution in [-0.4, -0.2) is 12.1 Å². The van der Waals surface area contributed by atoms with Crippen molar-refractivity contribution in [1.29, 1.82) is 0 Å². The third kappa shape index (κ3) is 1.93. The van der Waals surface area contributed by atoms with Crippen LogP contribution in [0, 0.1) is 0 Å². The Hall–Kier alpha value is -3.56. The van der Waals surface area contributed by atoms with Crippen LogP contribution < -0.4 is 9.64 Å². The molecule has 0 unspecified atom stereocenters. The summed E-state index contributed by atoms with van der Waals surface area (Å²) in [7, 11) is 1.70. The van der Waals surface area contributed by atoms with Crippen molar-refractivity contribution in [1.82, 2.24) is 4.98 Å². The molecule has 0 atom stereocenters.